The third-order valence-corrected chi connectivity index (χ3v) is 4.33. The predicted molar refractivity (Wildman–Crippen MR) is 110 cm³/mol. The molecular weight excluding hydrogens is 368 g/mol. The second kappa shape index (κ2) is 8.97. The summed E-state index contributed by atoms with van der Waals surface area (Å²) in [5.74, 6) is 0.203. The molecule has 0 aliphatic carbocycles. The second-order valence-corrected chi connectivity index (χ2v) is 6.49. The van der Waals surface area contributed by atoms with E-state index in [2.05, 4.69) is 20.6 Å². The molecule has 148 valence electrons. The number of hydrogen-bond acceptors (Lipinski definition) is 6. The fourth-order valence-electron chi connectivity index (χ4n) is 2.81. The van der Waals surface area contributed by atoms with E-state index in [0.717, 1.165) is 11.1 Å². The number of methoxy groups -OCH3 is 1. The Morgan fingerprint density at radius 2 is 1.79 bits per heavy atom. The van der Waals surface area contributed by atoms with Crippen LogP contribution in [0, 0.1) is 13.8 Å². The van der Waals surface area contributed by atoms with Gasteiger partial charge in [-0.25, -0.2) is 14.8 Å². The van der Waals surface area contributed by atoms with Crippen molar-refractivity contribution in [2.45, 2.75) is 20.4 Å². The van der Waals surface area contributed by atoms with Crippen LogP contribution in [0.15, 0.2) is 54.6 Å². The van der Waals surface area contributed by atoms with E-state index >= 15 is 0 Å². The van der Waals surface area contributed by atoms with Crippen molar-refractivity contribution in [1.82, 2.24) is 15.3 Å². The Morgan fingerprint density at radius 1 is 1.00 bits per heavy atom. The van der Waals surface area contributed by atoms with E-state index in [9.17, 15) is 9.59 Å². The van der Waals surface area contributed by atoms with Gasteiger partial charge in [0.25, 0.3) is 5.91 Å². The maximum absolute atomic E-state index is 12.6. The number of carbonyl (C=O) groups excluding carboxylic acids is 2. The molecule has 1 heterocycles. The fraction of sp³-hybridized carbons (Fsp3) is 0.182. The van der Waals surface area contributed by atoms with Crippen molar-refractivity contribution >= 4 is 23.4 Å². The lowest BCUT2D eigenvalue weighted by molar-refractivity contribution is 0.0600. The Labute approximate surface area is 169 Å². The summed E-state index contributed by atoms with van der Waals surface area (Å²) in [5.41, 5.74) is 3.48. The van der Waals surface area contributed by atoms with E-state index in [1.807, 2.05) is 31.2 Å². The van der Waals surface area contributed by atoms with Gasteiger partial charge in [0.15, 0.2) is 0 Å². The van der Waals surface area contributed by atoms with E-state index in [4.69, 9.17) is 4.74 Å². The highest BCUT2D eigenvalue weighted by molar-refractivity contribution is 5.93. The monoisotopic (exact) mass is 390 g/mol. The molecule has 3 rings (SSSR count). The molecule has 29 heavy (non-hydrogen) atoms. The minimum atomic E-state index is -0.427. The summed E-state index contributed by atoms with van der Waals surface area (Å²) < 4.78 is 4.74. The van der Waals surface area contributed by atoms with Crippen molar-refractivity contribution in [2.75, 3.05) is 12.4 Å². The van der Waals surface area contributed by atoms with E-state index in [0.29, 0.717) is 29.4 Å². The Bertz CT molecular complexity index is 1050. The summed E-state index contributed by atoms with van der Waals surface area (Å²) in [6.07, 6.45) is 0. The van der Waals surface area contributed by atoms with Crippen molar-refractivity contribution in [3.05, 3.63) is 82.8 Å². The van der Waals surface area contributed by atoms with Crippen LogP contribution in [0.25, 0.3) is 0 Å². The molecule has 7 heteroatoms. The number of nitrogens with one attached hydrogen (secondary N) is 2. The molecule has 7 nitrogen and oxygen atoms in total. The number of carbonyl (C=O) groups is 2. The number of aryl methyl sites for hydroxylation is 2. The van der Waals surface area contributed by atoms with Gasteiger partial charge in [-0.3, -0.25) is 4.79 Å². The Morgan fingerprint density at radius 3 is 2.55 bits per heavy atom. The first-order valence-corrected chi connectivity index (χ1v) is 9.10. The fourth-order valence-corrected chi connectivity index (χ4v) is 2.81. The smallest absolute Gasteiger partial charge is 0.337 e. The van der Waals surface area contributed by atoms with Crippen LogP contribution in [0.3, 0.4) is 0 Å². The van der Waals surface area contributed by atoms with Crippen LogP contribution in [0.4, 0.5) is 11.5 Å². The SMILES string of the molecule is COC(=O)c1cccc(Nc2cc(C(=O)NCc3ccccc3C)nc(C)n2)c1. The molecule has 0 fully saturated rings. The lowest BCUT2D eigenvalue weighted by Gasteiger charge is -2.11. The van der Waals surface area contributed by atoms with Crippen LogP contribution in [-0.4, -0.2) is 29.0 Å². The average molecular weight is 390 g/mol. The molecule has 3 aromatic rings. The van der Waals surface area contributed by atoms with Gasteiger partial charge < -0.3 is 15.4 Å². The number of nitrogens with zero attached hydrogens (tertiary/aromatic N) is 2. The number of hydrogen-bond donors (Lipinski definition) is 2. The van der Waals surface area contributed by atoms with Gasteiger partial charge in [0.1, 0.15) is 17.3 Å². The Balaban J connectivity index is 1.75. The van der Waals surface area contributed by atoms with Gasteiger partial charge in [-0.05, 0) is 43.2 Å². The molecule has 0 spiro atoms. The Hall–Kier alpha value is -3.74. The first kappa shape index (κ1) is 20.0. The van der Waals surface area contributed by atoms with Crippen LogP contribution in [0.5, 0.6) is 0 Å². The quantitative estimate of drug-likeness (QED) is 0.625. The molecule has 1 amide bonds. The van der Waals surface area contributed by atoms with Crippen LogP contribution in [0.1, 0.15) is 37.8 Å². The molecular formula is C22H22N4O3. The van der Waals surface area contributed by atoms with Crippen LogP contribution in [-0.2, 0) is 11.3 Å². The van der Waals surface area contributed by atoms with E-state index in [-0.39, 0.29) is 11.6 Å². The van der Waals surface area contributed by atoms with Gasteiger partial charge in [0, 0.05) is 18.3 Å². The second-order valence-electron chi connectivity index (χ2n) is 6.49. The number of aromatic nitrogens is 2. The summed E-state index contributed by atoms with van der Waals surface area (Å²) in [5, 5.41) is 5.99. The zero-order chi connectivity index (χ0) is 20.8. The maximum Gasteiger partial charge on any atom is 0.337 e. The molecule has 2 N–H and O–H groups in total. The van der Waals surface area contributed by atoms with Crippen molar-refractivity contribution in [2.24, 2.45) is 0 Å². The van der Waals surface area contributed by atoms with Crippen molar-refractivity contribution < 1.29 is 14.3 Å². The largest absolute Gasteiger partial charge is 0.465 e. The zero-order valence-corrected chi connectivity index (χ0v) is 16.5. The minimum absolute atomic E-state index is 0.262. The maximum atomic E-state index is 12.6. The van der Waals surface area contributed by atoms with E-state index in [1.54, 1.807) is 37.3 Å². The molecule has 0 bridgehead atoms. The summed E-state index contributed by atoms with van der Waals surface area (Å²) in [6, 6.07) is 16.3. The highest BCUT2D eigenvalue weighted by atomic mass is 16.5. The van der Waals surface area contributed by atoms with Gasteiger partial charge in [-0.15, -0.1) is 0 Å². The number of rotatable bonds is 6. The number of benzene rings is 2. The normalized spacial score (nSPS) is 10.3. The van der Waals surface area contributed by atoms with Gasteiger partial charge in [0.05, 0.1) is 12.7 Å². The lowest BCUT2D eigenvalue weighted by Crippen LogP contribution is -2.24. The lowest BCUT2D eigenvalue weighted by atomic mass is 10.1. The number of ether oxygens (including phenoxy) is 1. The molecule has 0 atom stereocenters. The van der Waals surface area contributed by atoms with Crippen LogP contribution in [0.2, 0.25) is 0 Å². The first-order chi connectivity index (χ1) is 14.0. The van der Waals surface area contributed by atoms with E-state index < -0.39 is 5.97 Å². The summed E-state index contributed by atoms with van der Waals surface area (Å²) in [4.78, 5) is 32.8. The molecule has 1 aromatic heterocycles. The van der Waals surface area contributed by atoms with Crippen molar-refractivity contribution in [3.8, 4) is 0 Å². The molecule has 2 aromatic carbocycles. The zero-order valence-electron chi connectivity index (χ0n) is 16.5. The van der Waals surface area contributed by atoms with E-state index in [1.165, 1.54) is 7.11 Å². The van der Waals surface area contributed by atoms with Gasteiger partial charge in [-0.2, -0.15) is 0 Å². The molecule has 0 saturated carbocycles. The highest BCUT2D eigenvalue weighted by Crippen LogP contribution is 2.18. The highest BCUT2D eigenvalue weighted by Gasteiger charge is 2.12. The number of anilines is 2. The molecule has 0 aliphatic heterocycles. The van der Waals surface area contributed by atoms with Crippen LogP contribution < -0.4 is 10.6 Å². The third-order valence-electron chi connectivity index (χ3n) is 4.33. The number of esters is 1. The molecule has 0 radical (unpaired) electrons. The van der Waals surface area contributed by atoms with Crippen LogP contribution >= 0.6 is 0 Å². The molecule has 0 unspecified atom stereocenters. The van der Waals surface area contributed by atoms with Crippen molar-refractivity contribution in [3.63, 3.8) is 0 Å². The molecule has 0 saturated heterocycles. The van der Waals surface area contributed by atoms with Crippen molar-refractivity contribution in [1.29, 1.82) is 0 Å². The minimum Gasteiger partial charge on any atom is -0.465 e. The van der Waals surface area contributed by atoms with Gasteiger partial charge in [-0.1, -0.05) is 30.3 Å². The molecule has 0 aliphatic rings. The number of amides is 1. The Kier molecular flexibility index (Phi) is 6.19. The third kappa shape index (κ3) is 5.16. The predicted octanol–water partition coefficient (Wildman–Crippen LogP) is 3.55. The standard InChI is InChI=1S/C22H22N4O3/c1-14-7-4-5-8-17(14)13-23-21(27)19-12-20(25-15(2)24-19)26-18-10-6-9-16(11-18)22(28)29-3/h4-12H,13H2,1-3H3,(H,23,27)(H,24,25,26). The average Bonchev–Trinajstić information content (AvgIpc) is 2.72. The summed E-state index contributed by atoms with van der Waals surface area (Å²) in [7, 11) is 1.33. The summed E-state index contributed by atoms with van der Waals surface area (Å²) in [6.45, 7) is 4.13. The van der Waals surface area contributed by atoms with Gasteiger partial charge in [0.2, 0.25) is 0 Å². The first-order valence-electron chi connectivity index (χ1n) is 9.10. The topological polar surface area (TPSA) is 93.2 Å². The summed E-state index contributed by atoms with van der Waals surface area (Å²) >= 11 is 0. The van der Waals surface area contributed by atoms with Gasteiger partial charge >= 0.3 is 5.97 Å².